The molecular weight excluding hydrogens is 870 g/mol. The average molecular weight is 937 g/mol. The first kappa shape index (κ1) is 75.3. The fourth-order valence-electron chi connectivity index (χ4n) is 2.95. The zero-order chi connectivity index (χ0) is 38.0. The van der Waals surface area contributed by atoms with Gasteiger partial charge >= 0.3 is 0 Å². The molecule has 342 valence electrons. The number of hydrogen-bond acceptors (Lipinski definition) is 18. The predicted octanol–water partition coefficient (Wildman–Crippen LogP) is -10.9. The fraction of sp³-hybridized carbons (Fsp3) is 1.00. The molecule has 1 heterocycles. The Labute approximate surface area is 313 Å². The Hall–Kier alpha value is 0.420. The molecule has 54 heavy (non-hydrogen) atoms. The second kappa shape index (κ2) is 40.2. The Morgan fingerprint density at radius 1 is 0.259 bits per heavy atom. The number of phosphoric acid groups is 6. The lowest BCUT2D eigenvalue weighted by Gasteiger charge is -2.41. The normalized spacial score (nSPS) is 28.9. The summed E-state index contributed by atoms with van der Waals surface area (Å²) in [6.07, 6.45) is 15.8. The Bertz CT molecular complexity index is 879. The average Bonchev–Trinajstić information content (AvgIpc) is 2.88. The van der Waals surface area contributed by atoms with Crippen molar-refractivity contribution in [2.45, 2.75) is 77.0 Å². The maximum atomic E-state index is 11.0. The molecule has 0 amide bonds. The highest BCUT2D eigenvalue weighted by Gasteiger charge is 2.36. The maximum Gasteiger partial charge on any atom is 0.280 e. The second-order valence-electron chi connectivity index (χ2n) is 9.54. The molecule has 0 spiro atoms. The molecule has 0 radical (unpaired) electrons. The summed E-state index contributed by atoms with van der Waals surface area (Å²) in [5.74, 6) is 0. The van der Waals surface area contributed by atoms with Gasteiger partial charge in [0.15, 0.2) is 0 Å². The third kappa shape index (κ3) is 52.4. The molecule has 0 aromatic rings. The van der Waals surface area contributed by atoms with Crippen molar-refractivity contribution in [1.82, 2.24) is 0 Å². The van der Waals surface area contributed by atoms with Gasteiger partial charge in [0, 0.05) is 0 Å². The van der Waals surface area contributed by atoms with Gasteiger partial charge < -0.3 is 96.6 Å². The largest absolute Gasteiger partial charge is 0.756 e. The molecule has 0 aromatic carbocycles. The van der Waals surface area contributed by atoms with E-state index in [2.05, 4.69) is 60.3 Å². The van der Waals surface area contributed by atoms with Crippen LogP contribution in [0.1, 0.15) is 77.0 Å². The van der Waals surface area contributed by atoms with Crippen molar-refractivity contribution in [1.29, 1.82) is 0 Å². The van der Waals surface area contributed by atoms with E-state index in [1.807, 2.05) is 0 Å². The summed E-state index contributed by atoms with van der Waals surface area (Å²) in [4.78, 5) is 65.8. The standard InChI is InChI=1S/3C6H16N2.H6O18P6.6H2O/c3*7-5-3-1-2-4-6-8;1-19(2)13-20(3,4)15-22(7,8)17-24(11,12)18-23(9,10)16-21(5,6)14-19;;;;;;/h3*1-8H2;(H,1,2)(H,3,4)(H,5,6)(H,7,8)(H,9,10)(H,11,12);6*1H2. The summed E-state index contributed by atoms with van der Waals surface area (Å²) >= 11 is 0. The van der Waals surface area contributed by atoms with Crippen LogP contribution in [-0.4, -0.2) is 72.1 Å². The van der Waals surface area contributed by atoms with Crippen LogP contribution in [0.2, 0.25) is 0 Å². The highest BCUT2D eigenvalue weighted by Crippen LogP contribution is 2.74. The molecule has 30 nitrogen and oxygen atoms in total. The highest BCUT2D eigenvalue weighted by molar-refractivity contribution is 7.73. The summed E-state index contributed by atoms with van der Waals surface area (Å²) in [7, 11) is -39.3. The number of unbranched alkanes of at least 4 members (excludes halogenated alkanes) is 9. The SMILES string of the molecule is O.O.O.O.O.O.O=P1([O-])OP(=O)([O-])OP(=O)([O-])OP(=O)([O-])OP(=O)([O-])OP(=O)([O-])O1.[NH3+]CCCCCC[NH3+].[NH3+]CCCCCC[NH3+].[NH3+]CCCCCC[NH3+]. The molecule has 1 aliphatic heterocycles. The summed E-state index contributed by atoms with van der Waals surface area (Å²) in [6, 6.07) is 0. The van der Waals surface area contributed by atoms with Gasteiger partial charge in [-0.05, 0) is 77.0 Å². The smallest absolute Gasteiger partial charge is 0.280 e. The van der Waals surface area contributed by atoms with Gasteiger partial charge in [0.2, 0.25) is 0 Å². The minimum atomic E-state index is -6.56. The van der Waals surface area contributed by atoms with Crippen LogP contribution in [0.3, 0.4) is 0 Å². The number of rotatable bonds is 15. The van der Waals surface area contributed by atoms with Crippen LogP contribution in [0.5, 0.6) is 0 Å². The van der Waals surface area contributed by atoms with Gasteiger partial charge in [0.25, 0.3) is 46.9 Å². The van der Waals surface area contributed by atoms with Crippen molar-refractivity contribution in [2.24, 2.45) is 0 Å². The van der Waals surface area contributed by atoms with E-state index in [1.165, 1.54) is 77.0 Å². The Morgan fingerprint density at radius 2 is 0.352 bits per heavy atom. The molecule has 1 fully saturated rings. The van der Waals surface area contributed by atoms with E-state index in [1.54, 1.807) is 0 Å². The molecule has 0 atom stereocenters. The van der Waals surface area contributed by atoms with Crippen molar-refractivity contribution >= 4 is 46.9 Å². The molecular formula is C18H66N6O24P6. The zero-order valence-electron chi connectivity index (χ0n) is 30.0. The number of quaternary nitrogens is 6. The van der Waals surface area contributed by atoms with Gasteiger partial charge in [-0.15, -0.1) is 0 Å². The maximum absolute atomic E-state index is 11.0. The summed E-state index contributed by atoms with van der Waals surface area (Å²) < 4.78 is 83.4. The van der Waals surface area contributed by atoms with Crippen molar-refractivity contribution < 1.29 is 150 Å². The van der Waals surface area contributed by atoms with Crippen LogP contribution in [0.15, 0.2) is 0 Å². The molecule has 1 rings (SSSR count). The van der Waals surface area contributed by atoms with E-state index < -0.39 is 46.9 Å². The topological polar surface area (TPSA) is 651 Å². The van der Waals surface area contributed by atoms with Crippen molar-refractivity contribution in [3.8, 4) is 0 Å². The summed E-state index contributed by atoms with van der Waals surface area (Å²) in [6.45, 7) is 6.57. The Morgan fingerprint density at radius 3 is 0.426 bits per heavy atom. The third-order valence-corrected chi connectivity index (χ3v) is 14.6. The lowest BCUT2D eigenvalue weighted by Crippen LogP contribution is -2.50. The first-order valence-corrected chi connectivity index (χ1v) is 23.6. The fourth-order valence-corrected chi connectivity index (χ4v) is 11.1. The lowest BCUT2D eigenvalue weighted by atomic mass is 10.2. The van der Waals surface area contributed by atoms with Crippen LogP contribution >= 0.6 is 46.9 Å². The summed E-state index contributed by atoms with van der Waals surface area (Å²) in [5.41, 5.74) is 22.6. The Kier molecular flexibility index (Phi) is 56.1. The van der Waals surface area contributed by atoms with Crippen molar-refractivity contribution in [2.75, 3.05) is 39.3 Å². The highest BCUT2D eigenvalue weighted by atomic mass is 31.3. The predicted molar refractivity (Wildman–Crippen MR) is 176 cm³/mol. The minimum Gasteiger partial charge on any atom is -0.756 e. The first-order valence-electron chi connectivity index (χ1n) is 14.9. The van der Waals surface area contributed by atoms with Crippen LogP contribution in [-0.2, 0) is 53.3 Å². The van der Waals surface area contributed by atoms with Gasteiger partial charge in [-0.1, -0.05) is 0 Å². The first-order chi connectivity index (χ1) is 22.0. The van der Waals surface area contributed by atoms with Crippen LogP contribution < -0.4 is 63.8 Å². The molecule has 30 N–H and O–H groups in total. The van der Waals surface area contributed by atoms with Crippen LogP contribution in [0, 0.1) is 0 Å². The van der Waals surface area contributed by atoms with E-state index in [-0.39, 0.29) is 32.9 Å². The summed E-state index contributed by atoms with van der Waals surface area (Å²) in [5, 5.41) is 0. The van der Waals surface area contributed by atoms with Crippen LogP contribution in [0.25, 0.3) is 0 Å². The third-order valence-electron chi connectivity index (χ3n) is 4.95. The molecule has 0 bridgehead atoms. The van der Waals surface area contributed by atoms with Gasteiger partial charge in [-0.2, -0.15) is 0 Å². The van der Waals surface area contributed by atoms with E-state index >= 15 is 0 Å². The van der Waals surface area contributed by atoms with E-state index in [9.17, 15) is 56.8 Å². The molecule has 36 heteroatoms. The molecule has 0 aliphatic carbocycles. The van der Waals surface area contributed by atoms with Crippen molar-refractivity contribution in [3.63, 3.8) is 0 Å². The van der Waals surface area contributed by atoms with Gasteiger partial charge in [0.1, 0.15) is 0 Å². The van der Waals surface area contributed by atoms with Gasteiger partial charge in [-0.3, -0.25) is 27.4 Å². The monoisotopic (exact) mass is 936 g/mol. The van der Waals surface area contributed by atoms with Crippen LogP contribution in [0.4, 0.5) is 0 Å². The van der Waals surface area contributed by atoms with Gasteiger partial charge in [-0.25, -0.2) is 25.9 Å². The molecule has 0 aromatic heterocycles. The lowest BCUT2D eigenvalue weighted by molar-refractivity contribution is -0.371. The number of hydrogen-bond donors (Lipinski definition) is 6. The van der Waals surface area contributed by atoms with Crippen molar-refractivity contribution in [3.05, 3.63) is 0 Å². The van der Waals surface area contributed by atoms with Gasteiger partial charge in [0.05, 0.1) is 39.3 Å². The second-order valence-corrected chi connectivity index (χ2v) is 18.8. The zero-order valence-corrected chi connectivity index (χ0v) is 35.4. The molecule has 0 saturated carbocycles. The van der Waals surface area contributed by atoms with E-state index in [0.29, 0.717) is 0 Å². The minimum absolute atomic E-state index is 0. The molecule has 1 aliphatic rings. The molecule has 1 saturated heterocycles. The molecule has 0 unspecified atom stereocenters. The quantitative estimate of drug-likeness (QED) is 0.0656. The van der Waals surface area contributed by atoms with E-state index in [4.69, 9.17) is 0 Å². The van der Waals surface area contributed by atoms with E-state index in [0.717, 1.165) is 39.3 Å². The Balaban J connectivity index is -0.0000000808.